The van der Waals surface area contributed by atoms with E-state index >= 15 is 0 Å². The van der Waals surface area contributed by atoms with Crippen LogP contribution in [-0.2, 0) is 7.05 Å². The molecule has 0 spiro atoms. The van der Waals surface area contributed by atoms with Crippen LogP contribution < -0.4 is 5.32 Å². The molecule has 5 nitrogen and oxygen atoms in total. The standard InChI is InChI=1S/C19H20N4O.ClH/c1-22-13-21-17-12-16(6-7-18(17)22)14-2-4-15(5-3-14)19(24)23-10-8-20-9-11-23;/h2-7,12-13,20H,8-11H2,1H3;1H. The van der Waals surface area contributed by atoms with Crippen molar-refractivity contribution >= 4 is 29.3 Å². The van der Waals surface area contributed by atoms with Crippen molar-refractivity contribution < 1.29 is 4.79 Å². The number of amides is 1. The van der Waals surface area contributed by atoms with Gasteiger partial charge in [0.05, 0.1) is 17.4 Å². The number of halogens is 1. The fourth-order valence-corrected chi connectivity index (χ4v) is 3.17. The minimum atomic E-state index is 0. The van der Waals surface area contributed by atoms with E-state index in [1.54, 1.807) is 0 Å². The molecule has 0 saturated carbocycles. The highest BCUT2D eigenvalue weighted by molar-refractivity contribution is 5.95. The van der Waals surface area contributed by atoms with E-state index in [1.807, 2.05) is 47.1 Å². The van der Waals surface area contributed by atoms with Gasteiger partial charge in [-0.25, -0.2) is 4.98 Å². The Morgan fingerprint density at radius 3 is 2.44 bits per heavy atom. The van der Waals surface area contributed by atoms with Crippen molar-refractivity contribution in [1.82, 2.24) is 19.8 Å². The molecule has 0 atom stereocenters. The van der Waals surface area contributed by atoms with E-state index in [4.69, 9.17) is 0 Å². The molecule has 1 aromatic heterocycles. The number of aromatic nitrogens is 2. The lowest BCUT2D eigenvalue weighted by Gasteiger charge is -2.27. The zero-order chi connectivity index (χ0) is 16.5. The van der Waals surface area contributed by atoms with Gasteiger partial charge in [-0.15, -0.1) is 12.4 Å². The first-order valence-electron chi connectivity index (χ1n) is 8.24. The molecule has 2 aromatic carbocycles. The number of carbonyl (C=O) groups is 1. The Balaban J connectivity index is 0.00000182. The number of nitrogens with one attached hydrogen (secondary N) is 1. The SMILES string of the molecule is Cl.Cn1cnc2cc(-c3ccc(C(=O)N4CCNCC4)cc3)ccc21. The minimum Gasteiger partial charge on any atom is -0.336 e. The molecule has 1 N–H and O–H groups in total. The molecule has 2 heterocycles. The zero-order valence-electron chi connectivity index (χ0n) is 14.1. The van der Waals surface area contributed by atoms with Crippen LogP contribution in [-0.4, -0.2) is 46.5 Å². The Bertz CT molecular complexity index is 882. The summed E-state index contributed by atoms with van der Waals surface area (Å²) in [5, 5.41) is 3.27. The Labute approximate surface area is 153 Å². The van der Waals surface area contributed by atoms with Crippen molar-refractivity contribution in [2.45, 2.75) is 0 Å². The second kappa shape index (κ2) is 7.25. The molecule has 0 unspecified atom stereocenters. The van der Waals surface area contributed by atoms with E-state index < -0.39 is 0 Å². The summed E-state index contributed by atoms with van der Waals surface area (Å²) < 4.78 is 2.01. The maximum atomic E-state index is 12.5. The molecule has 1 amide bonds. The average Bonchev–Trinajstić information content (AvgIpc) is 3.02. The normalized spacial score (nSPS) is 14.4. The molecule has 130 valence electrons. The number of piperazine rings is 1. The molecule has 4 rings (SSSR count). The summed E-state index contributed by atoms with van der Waals surface area (Å²) in [5.74, 6) is 0.114. The highest BCUT2D eigenvalue weighted by Crippen LogP contribution is 2.24. The van der Waals surface area contributed by atoms with Crippen LogP contribution >= 0.6 is 12.4 Å². The zero-order valence-corrected chi connectivity index (χ0v) is 14.9. The average molecular weight is 357 g/mol. The molecule has 0 bridgehead atoms. The van der Waals surface area contributed by atoms with Crippen molar-refractivity contribution in [2.75, 3.05) is 26.2 Å². The monoisotopic (exact) mass is 356 g/mol. The van der Waals surface area contributed by atoms with Gasteiger partial charge in [-0.05, 0) is 35.4 Å². The summed E-state index contributed by atoms with van der Waals surface area (Å²) >= 11 is 0. The van der Waals surface area contributed by atoms with Crippen LogP contribution in [0.3, 0.4) is 0 Å². The summed E-state index contributed by atoms with van der Waals surface area (Å²) in [4.78, 5) is 18.8. The summed E-state index contributed by atoms with van der Waals surface area (Å²) in [6.45, 7) is 3.29. The van der Waals surface area contributed by atoms with Gasteiger partial charge in [0.15, 0.2) is 0 Å². The van der Waals surface area contributed by atoms with E-state index in [0.29, 0.717) is 0 Å². The highest BCUT2D eigenvalue weighted by Gasteiger charge is 2.17. The molecule has 1 saturated heterocycles. The number of benzene rings is 2. The van der Waals surface area contributed by atoms with Gasteiger partial charge in [-0.3, -0.25) is 4.79 Å². The van der Waals surface area contributed by atoms with Crippen molar-refractivity contribution in [2.24, 2.45) is 7.05 Å². The summed E-state index contributed by atoms with van der Waals surface area (Å²) in [5.41, 5.74) is 5.06. The lowest BCUT2D eigenvalue weighted by molar-refractivity contribution is 0.0736. The van der Waals surface area contributed by atoms with Crippen LogP contribution in [0, 0.1) is 0 Å². The number of aryl methyl sites for hydroxylation is 1. The lowest BCUT2D eigenvalue weighted by Crippen LogP contribution is -2.46. The summed E-state index contributed by atoms with van der Waals surface area (Å²) in [7, 11) is 1.99. The van der Waals surface area contributed by atoms with Crippen molar-refractivity contribution in [3.63, 3.8) is 0 Å². The van der Waals surface area contributed by atoms with Crippen molar-refractivity contribution in [1.29, 1.82) is 0 Å². The number of imidazole rings is 1. The van der Waals surface area contributed by atoms with Crippen LogP contribution in [0.25, 0.3) is 22.2 Å². The quantitative estimate of drug-likeness (QED) is 0.768. The van der Waals surface area contributed by atoms with Crippen molar-refractivity contribution in [3.8, 4) is 11.1 Å². The fourth-order valence-electron chi connectivity index (χ4n) is 3.17. The summed E-state index contributed by atoms with van der Waals surface area (Å²) in [6.07, 6.45) is 1.82. The Kier molecular flexibility index (Phi) is 5.06. The van der Waals surface area contributed by atoms with Gasteiger partial charge >= 0.3 is 0 Å². The third-order valence-electron chi connectivity index (χ3n) is 4.59. The van der Waals surface area contributed by atoms with Gasteiger partial charge in [0.25, 0.3) is 5.91 Å². The number of hydrogen-bond donors (Lipinski definition) is 1. The minimum absolute atomic E-state index is 0. The topological polar surface area (TPSA) is 50.2 Å². The second-order valence-electron chi connectivity index (χ2n) is 6.18. The molecule has 0 radical (unpaired) electrons. The van der Waals surface area contributed by atoms with Crippen LogP contribution in [0.2, 0.25) is 0 Å². The first kappa shape index (κ1) is 17.5. The first-order chi connectivity index (χ1) is 11.7. The van der Waals surface area contributed by atoms with Gasteiger partial charge in [0, 0.05) is 38.8 Å². The largest absolute Gasteiger partial charge is 0.336 e. The van der Waals surface area contributed by atoms with Crippen LogP contribution in [0.15, 0.2) is 48.8 Å². The van der Waals surface area contributed by atoms with Gasteiger partial charge in [0.1, 0.15) is 0 Å². The number of rotatable bonds is 2. The maximum absolute atomic E-state index is 12.5. The predicted octanol–water partition coefficient (Wildman–Crippen LogP) is 2.71. The van der Waals surface area contributed by atoms with Gasteiger partial charge in [-0.1, -0.05) is 18.2 Å². The smallest absolute Gasteiger partial charge is 0.253 e. The lowest BCUT2D eigenvalue weighted by atomic mass is 10.0. The molecule has 25 heavy (non-hydrogen) atoms. The Morgan fingerprint density at radius 2 is 1.72 bits per heavy atom. The van der Waals surface area contributed by atoms with Crippen LogP contribution in [0.5, 0.6) is 0 Å². The van der Waals surface area contributed by atoms with Crippen molar-refractivity contribution in [3.05, 3.63) is 54.4 Å². The second-order valence-corrected chi connectivity index (χ2v) is 6.18. The molecule has 0 aliphatic carbocycles. The molecule has 1 aliphatic heterocycles. The van der Waals surface area contributed by atoms with Crippen LogP contribution in [0.1, 0.15) is 10.4 Å². The predicted molar refractivity (Wildman–Crippen MR) is 102 cm³/mol. The van der Waals surface area contributed by atoms with E-state index in [2.05, 4.69) is 28.5 Å². The van der Waals surface area contributed by atoms with Gasteiger partial charge in [0.2, 0.25) is 0 Å². The van der Waals surface area contributed by atoms with E-state index in [9.17, 15) is 4.79 Å². The number of hydrogen-bond acceptors (Lipinski definition) is 3. The van der Waals surface area contributed by atoms with Gasteiger partial charge in [-0.2, -0.15) is 0 Å². The third-order valence-corrected chi connectivity index (χ3v) is 4.59. The molecular formula is C19H21ClN4O. The molecule has 6 heteroatoms. The maximum Gasteiger partial charge on any atom is 0.253 e. The Hall–Kier alpha value is -2.37. The molecule has 1 fully saturated rings. The number of fused-ring (bicyclic) bond motifs is 1. The fraction of sp³-hybridized carbons (Fsp3) is 0.263. The Morgan fingerprint density at radius 1 is 1.04 bits per heavy atom. The van der Waals surface area contributed by atoms with E-state index in [-0.39, 0.29) is 18.3 Å². The third kappa shape index (κ3) is 3.38. The van der Waals surface area contributed by atoms with E-state index in [0.717, 1.165) is 53.9 Å². The summed E-state index contributed by atoms with van der Waals surface area (Å²) in [6, 6.07) is 14.1. The number of nitrogens with zero attached hydrogens (tertiary/aromatic N) is 3. The van der Waals surface area contributed by atoms with Crippen LogP contribution in [0.4, 0.5) is 0 Å². The van der Waals surface area contributed by atoms with Gasteiger partial charge < -0.3 is 14.8 Å². The highest BCUT2D eigenvalue weighted by atomic mass is 35.5. The molecular weight excluding hydrogens is 336 g/mol. The molecule has 3 aromatic rings. The number of carbonyl (C=O) groups excluding carboxylic acids is 1. The first-order valence-corrected chi connectivity index (χ1v) is 8.24. The molecule has 1 aliphatic rings. The van der Waals surface area contributed by atoms with E-state index in [1.165, 1.54) is 0 Å².